The van der Waals surface area contributed by atoms with Gasteiger partial charge in [-0.2, -0.15) is 0 Å². The number of amides is 1. The number of anilines is 1. The van der Waals surface area contributed by atoms with Crippen LogP contribution in [0, 0.1) is 5.92 Å². The van der Waals surface area contributed by atoms with Crippen molar-refractivity contribution in [3.8, 4) is 0 Å². The molecule has 0 spiro atoms. The van der Waals surface area contributed by atoms with Crippen molar-refractivity contribution in [3.63, 3.8) is 0 Å². The number of hydrogen-bond acceptors (Lipinski definition) is 3. The van der Waals surface area contributed by atoms with E-state index in [-0.39, 0.29) is 23.6 Å². The highest BCUT2D eigenvalue weighted by molar-refractivity contribution is 5.91. The number of rotatable bonds is 5. The molecular weight excluding hydrogens is 208 g/mol. The minimum absolute atomic E-state index is 0.00480. The van der Waals surface area contributed by atoms with Gasteiger partial charge in [-0.25, -0.2) is 0 Å². The Labute approximate surface area is 92.8 Å². The summed E-state index contributed by atoms with van der Waals surface area (Å²) in [6.45, 7) is 0.642. The molecule has 1 aliphatic carbocycles. The molecule has 0 radical (unpaired) electrons. The summed E-state index contributed by atoms with van der Waals surface area (Å²) in [6, 6.07) is 1.36. The fourth-order valence-corrected chi connectivity index (χ4v) is 1.30. The van der Waals surface area contributed by atoms with Gasteiger partial charge in [0, 0.05) is 18.5 Å². The topological polar surface area (TPSA) is 71.2 Å². The number of H-pyrrole nitrogens is 1. The lowest BCUT2D eigenvalue weighted by Gasteiger charge is -2.04. The predicted molar refractivity (Wildman–Crippen MR) is 59.2 cm³/mol. The number of carbonyl (C=O) groups is 1. The zero-order valence-electron chi connectivity index (χ0n) is 8.86. The van der Waals surface area contributed by atoms with Gasteiger partial charge in [0.15, 0.2) is 0 Å². The van der Waals surface area contributed by atoms with E-state index in [0.29, 0.717) is 12.5 Å². The number of pyridine rings is 1. The van der Waals surface area contributed by atoms with E-state index in [1.165, 1.54) is 31.3 Å². The highest BCUT2D eigenvalue weighted by Crippen LogP contribution is 2.28. The highest BCUT2D eigenvalue weighted by atomic mass is 16.5. The van der Waals surface area contributed by atoms with E-state index < -0.39 is 0 Å². The summed E-state index contributed by atoms with van der Waals surface area (Å²) in [5, 5.41) is 2.50. The first kappa shape index (κ1) is 10.9. The molecule has 1 amide bonds. The monoisotopic (exact) mass is 222 g/mol. The van der Waals surface area contributed by atoms with E-state index in [4.69, 9.17) is 4.74 Å². The summed E-state index contributed by atoms with van der Waals surface area (Å²) in [4.78, 5) is 25.4. The standard InChI is InChI=1S/C11H14N2O3/c14-10-3-4-12-5-9(10)13-11(15)7-16-6-8-1-2-8/h3-5,8H,1-2,6-7H2,(H,12,14)(H,13,15). The highest BCUT2D eigenvalue weighted by Gasteiger charge is 2.21. The Morgan fingerprint density at radius 2 is 2.38 bits per heavy atom. The zero-order valence-corrected chi connectivity index (χ0v) is 8.86. The van der Waals surface area contributed by atoms with E-state index in [1.54, 1.807) is 0 Å². The summed E-state index contributed by atoms with van der Waals surface area (Å²) in [5.41, 5.74) is 0.0387. The van der Waals surface area contributed by atoms with Crippen LogP contribution in [0.1, 0.15) is 12.8 Å². The number of ether oxygens (including phenoxy) is 1. The van der Waals surface area contributed by atoms with Crippen molar-refractivity contribution in [2.75, 3.05) is 18.5 Å². The van der Waals surface area contributed by atoms with Gasteiger partial charge in [-0.1, -0.05) is 0 Å². The van der Waals surface area contributed by atoms with Crippen LogP contribution in [-0.2, 0) is 9.53 Å². The summed E-state index contributed by atoms with van der Waals surface area (Å²) >= 11 is 0. The summed E-state index contributed by atoms with van der Waals surface area (Å²) in [7, 11) is 0. The second-order valence-corrected chi connectivity index (χ2v) is 3.93. The van der Waals surface area contributed by atoms with Gasteiger partial charge in [-0.05, 0) is 18.8 Å². The van der Waals surface area contributed by atoms with E-state index in [2.05, 4.69) is 10.3 Å². The number of nitrogens with one attached hydrogen (secondary N) is 2. The van der Waals surface area contributed by atoms with Crippen LogP contribution >= 0.6 is 0 Å². The first-order valence-corrected chi connectivity index (χ1v) is 5.30. The second kappa shape index (κ2) is 4.94. The van der Waals surface area contributed by atoms with Crippen LogP contribution in [0.25, 0.3) is 0 Å². The molecule has 1 fully saturated rings. The van der Waals surface area contributed by atoms with Crippen LogP contribution in [0.4, 0.5) is 5.69 Å². The zero-order chi connectivity index (χ0) is 11.4. The lowest BCUT2D eigenvalue weighted by molar-refractivity contribution is -0.120. The molecule has 0 aromatic carbocycles. The molecular formula is C11H14N2O3. The minimum Gasteiger partial charge on any atom is -0.371 e. The van der Waals surface area contributed by atoms with E-state index >= 15 is 0 Å². The minimum atomic E-state index is -0.294. The molecule has 1 aromatic heterocycles. The molecule has 1 saturated carbocycles. The SMILES string of the molecule is O=C(COCC1CC1)Nc1c[nH]ccc1=O. The molecule has 0 unspecified atom stereocenters. The first-order valence-electron chi connectivity index (χ1n) is 5.30. The Balaban J connectivity index is 1.77. The lowest BCUT2D eigenvalue weighted by atomic mass is 10.4. The van der Waals surface area contributed by atoms with E-state index in [0.717, 1.165) is 0 Å². The fourth-order valence-electron chi connectivity index (χ4n) is 1.30. The Hall–Kier alpha value is -1.62. The van der Waals surface area contributed by atoms with Crippen molar-refractivity contribution in [2.24, 2.45) is 5.92 Å². The quantitative estimate of drug-likeness (QED) is 0.771. The van der Waals surface area contributed by atoms with E-state index in [1.807, 2.05) is 0 Å². The normalized spacial score (nSPS) is 14.8. The molecule has 86 valence electrons. The van der Waals surface area contributed by atoms with Crippen LogP contribution in [0.2, 0.25) is 0 Å². The summed E-state index contributed by atoms with van der Waals surface area (Å²) in [5.74, 6) is 0.338. The smallest absolute Gasteiger partial charge is 0.250 e. The Kier molecular flexibility index (Phi) is 3.36. The fraction of sp³-hybridized carbons (Fsp3) is 0.455. The molecule has 0 atom stereocenters. The third-order valence-electron chi connectivity index (χ3n) is 2.38. The third kappa shape index (κ3) is 3.20. The maximum absolute atomic E-state index is 11.4. The maximum atomic E-state index is 11.4. The van der Waals surface area contributed by atoms with Gasteiger partial charge in [0.25, 0.3) is 5.91 Å². The summed E-state index contributed by atoms with van der Waals surface area (Å²) < 4.78 is 5.21. The van der Waals surface area contributed by atoms with Gasteiger partial charge in [-0.3, -0.25) is 9.59 Å². The van der Waals surface area contributed by atoms with Crippen LogP contribution in [-0.4, -0.2) is 24.1 Å². The molecule has 2 rings (SSSR count). The molecule has 1 aromatic rings. The van der Waals surface area contributed by atoms with Gasteiger partial charge in [0.1, 0.15) is 12.3 Å². The largest absolute Gasteiger partial charge is 0.371 e. The van der Waals surface area contributed by atoms with Gasteiger partial charge >= 0.3 is 0 Å². The van der Waals surface area contributed by atoms with Crippen LogP contribution in [0.15, 0.2) is 23.3 Å². The first-order chi connectivity index (χ1) is 7.75. The number of hydrogen-bond donors (Lipinski definition) is 2. The molecule has 5 nitrogen and oxygen atoms in total. The third-order valence-corrected chi connectivity index (χ3v) is 2.38. The Morgan fingerprint density at radius 3 is 3.06 bits per heavy atom. The van der Waals surface area contributed by atoms with Crippen molar-refractivity contribution in [1.29, 1.82) is 0 Å². The van der Waals surface area contributed by atoms with Crippen LogP contribution in [0.3, 0.4) is 0 Å². The predicted octanol–water partition coefficient (Wildman–Crippen LogP) is 0.740. The van der Waals surface area contributed by atoms with E-state index in [9.17, 15) is 9.59 Å². The molecule has 16 heavy (non-hydrogen) atoms. The van der Waals surface area contributed by atoms with Gasteiger partial charge < -0.3 is 15.0 Å². The molecule has 5 heteroatoms. The molecule has 0 bridgehead atoms. The Bertz CT molecular complexity index is 423. The van der Waals surface area contributed by atoms with Crippen LogP contribution < -0.4 is 10.7 Å². The summed E-state index contributed by atoms with van der Waals surface area (Å²) in [6.07, 6.45) is 5.36. The second-order valence-electron chi connectivity index (χ2n) is 3.93. The van der Waals surface area contributed by atoms with Gasteiger partial charge in [-0.15, -0.1) is 0 Å². The number of aromatic amines is 1. The average Bonchev–Trinajstić information content (AvgIpc) is 3.05. The van der Waals surface area contributed by atoms with Gasteiger partial charge in [0.05, 0.1) is 6.61 Å². The number of aromatic nitrogens is 1. The maximum Gasteiger partial charge on any atom is 0.250 e. The van der Waals surface area contributed by atoms with Gasteiger partial charge in [0.2, 0.25) is 5.43 Å². The number of carbonyl (C=O) groups excluding carboxylic acids is 1. The van der Waals surface area contributed by atoms with Crippen molar-refractivity contribution >= 4 is 11.6 Å². The van der Waals surface area contributed by atoms with Crippen molar-refractivity contribution in [1.82, 2.24) is 4.98 Å². The molecule has 1 aliphatic rings. The molecule has 0 aliphatic heterocycles. The Morgan fingerprint density at radius 1 is 1.56 bits per heavy atom. The molecule has 1 heterocycles. The van der Waals surface area contributed by atoms with Crippen molar-refractivity contribution < 1.29 is 9.53 Å². The van der Waals surface area contributed by atoms with Crippen molar-refractivity contribution in [3.05, 3.63) is 28.7 Å². The lowest BCUT2D eigenvalue weighted by Crippen LogP contribution is -2.22. The average molecular weight is 222 g/mol. The van der Waals surface area contributed by atoms with Crippen LogP contribution in [0.5, 0.6) is 0 Å². The molecule has 2 N–H and O–H groups in total. The molecule has 0 saturated heterocycles. The van der Waals surface area contributed by atoms with Crippen molar-refractivity contribution in [2.45, 2.75) is 12.8 Å².